The average Bonchev–Trinajstić information content (AvgIpc) is 4.44. The number of thioether (sulfide) groups is 1. The number of Topliss-reactive ketones (excluding diaryl/α,β-unsaturated/α-hetero) is 1. The van der Waals surface area contributed by atoms with E-state index in [2.05, 4.69) is 35.6 Å². The third-order valence-corrected chi connectivity index (χ3v) is 14.6. The second-order valence-electron chi connectivity index (χ2n) is 18.5. The number of nitrogens with two attached hydrogens (primary N) is 2. The van der Waals surface area contributed by atoms with Gasteiger partial charge in [-0.3, -0.25) is 62.7 Å². The highest BCUT2D eigenvalue weighted by molar-refractivity contribution is 8.00. The Hall–Kier alpha value is -8.86. The van der Waals surface area contributed by atoms with Crippen LogP contribution in [0.5, 0.6) is 5.75 Å². The summed E-state index contributed by atoms with van der Waals surface area (Å²) >= 11 is 2.25. The van der Waals surface area contributed by atoms with Crippen molar-refractivity contribution in [3.63, 3.8) is 0 Å². The first-order valence-corrected chi connectivity index (χ1v) is 27.5. The predicted molar refractivity (Wildman–Crippen MR) is 290 cm³/mol. The SMILES string of the molecule is CCc1nc(C)oc1C(=O)N=c1sc2cc(C(N)=O)cnc2n1C/C=C/Cn1c(NC(=O)c2oc(C)nc2CC)nc2cc(C(N)=O)cc(OCCCOC(=O)[C@H](C)CC(=O)[C@H](CCC(=O)O)NC(=O)CN3C(=O)CC(SC)C3=O)c21. The number of aromatic nitrogens is 6. The maximum absolute atomic E-state index is 13.8. The standard InChI is InChI=1S/C52H58N12O15S2/c1-7-30-42(78-26(4)56-30)47(72)60-51-59-33-19-28(44(53)70)20-35(76-16-11-17-77-50(75)25(3)18-34(65)32(12-13-40(68)69)58-38(66)24-64-39(67)22-37(80-6)49(64)74)41(33)62(51)14-9-10-15-63-46-36(21-29(23-55-46)45(54)71)81-52(63)61-48(73)43-31(8-2)57-27(5)79-43/h9-10,19-21,23,25,32,37H,7-8,11-18,22,24H2,1-6H3,(H2,53,70)(H2,54,71)(H,58,66)(H,68,69)(H,59,60,72)/b10-9+,61-52?/t25-,32+,37?/m1/s1. The minimum atomic E-state index is -1.35. The van der Waals surface area contributed by atoms with Crippen molar-refractivity contribution in [1.82, 2.24) is 39.3 Å². The number of imide groups is 1. The maximum atomic E-state index is 13.8. The van der Waals surface area contributed by atoms with Crippen LogP contribution in [-0.2, 0) is 59.4 Å². The molecule has 27 nitrogen and oxygen atoms in total. The number of primary amides is 2. The molecule has 0 aliphatic carbocycles. The number of pyridine rings is 1. The molecule has 6 aromatic rings. The number of nitrogens with zero attached hydrogens (tertiary/aromatic N) is 8. The molecule has 1 unspecified atom stereocenters. The third kappa shape index (κ3) is 14.3. The van der Waals surface area contributed by atoms with Gasteiger partial charge in [0.1, 0.15) is 17.8 Å². The number of hydrogen-bond donors (Lipinski definition) is 5. The molecule has 1 aromatic carbocycles. The molecule has 0 bridgehead atoms. The molecule has 7 amide bonds. The second kappa shape index (κ2) is 26.4. The van der Waals surface area contributed by atoms with E-state index in [1.807, 2.05) is 6.92 Å². The summed E-state index contributed by atoms with van der Waals surface area (Å²) < 4.78 is 26.7. The van der Waals surface area contributed by atoms with Gasteiger partial charge in [0, 0.05) is 64.4 Å². The predicted octanol–water partition coefficient (Wildman–Crippen LogP) is 3.36. The van der Waals surface area contributed by atoms with Gasteiger partial charge in [-0.1, -0.05) is 44.3 Å². The monoisotopic (exact) mass is 1150 g/mol. The molecule has 1 aliphatic rings. The summed E-state index contributed by atoms with van der Waals surface area (Å²) in [5.41, 5.74) is 13.1. The molecule has 1 fully saturated rings. The normalized spacial score (nSPS) is 14.5. The number of hydrogen-bond acceptors (Lipinski definition) is 20. The summed E-state index contributed by atoms with van der Waals surface area (Å²) in [4.78, 5) is 151. The number of fused-ring (bicyclic) bond motifs is 2. The lowest BCUT2D eigenvalue weighted by Gasteiger charge is -2.21. The Bertz CT molecular complexity index is 3590. The van der Waals surface area contributed by atoms with Crippen molar-refractivity contribution in [3.05, 3.63) is 87.2 Å². The number of carbonyl (C=O) groups is 10. The Morgan fingerprint density at radius 3 is 2.23 bits per heavy atom. The number of rotatable bonds is 27. The molecule has 3 atom stereocenters. The van der Waals surface area contributed by atoms with Crippen LogP contribution in [0.1, 0.15) is 118 Å². The summed E-state index contributed by atoms with van der Waals surface area (Å²) in [5, 5.41) is 13.9. The van der Waals surface area contributed by atoms with E-state index in [4.69, 9.17) is 29.8 Å². The molecule has 0 spiro atoms. The topological polar surface area (TPSA) is 389 Å². The molecule has 7 N–H and O–H groups in total. The molecular formula is C52H58N12O15S2. The number of ketones is 1. The number of esters is 1. The van der Waals surface area contributed by atoms with Gasteiger partial charge < -0.3 is 44.8 Å². The van der Waals surface area contributed by atoms with Crippen molar-refractivity contribution >= 4 is 109 Å². The van der Waals surface area contributed by atoms with Crippen molar-refractivity contribution in [1.29, 1.82) is 0 Å². The van der Waals surface area contributed by atoms with Crippen LogP contribution in [-0.4, -0.2) is 135 Å². The van der Waals surface area contributed by atoms with Gasteiger partial charge >= 0.3 is 17.8 Å². The van der Waals surface area contributed by atoms with Crippen molar-refractivity contribution < 1.29 is 71.4 Å². The molecule has 1 aliphatic heterocycles. The highest BCUT2D eigenvalue weighted by atomic mass is 32.2. The molecule has 0 radical (unpaired) electrons. The third-order valence-electron chi connectivity index (χ3n) is 12.6. The number of likely N-dealkylation sites (tertiary alicyclic amines) is 1. The number of oxazole rings is 2. The van der Waals surface area contributed by atoms with E-state index in [9.17, 15) is 53.1 Å². The lowest BCUT2D eigenvalue weighted by molar-refractivity contribution is -0.150. The summed E-state index contributed by atoms with van der Waals surface area (Å²) in [6.07, 6.45) is 5.93. The molecule has 81 heavy (non-hydrogen) atoms. The molecular weight excluding hydrogens is 1100 g/mol. The molecule has 29 heteroatoms. The average molecular weight is 1160 g/mol. The number of carboxylic acids is 1. The molecule has 0 saturated carbocycles. The second-order valence-corrected chi connectivity index (χ2v) is 20.5. The number of benzene rings is 1. The van der Waals surface area contributed by atoms with E-state index >= 15 is 0 Å². The fourth-order valence-electron chi connectivity index (χ4n) is 8.57. The Morgan fingerprint density at radius 2 is 1.59 bits per heavy atom. The van der Waals surface area contributed by atoms with E-state index in [0.29, 0.717) is 46.0 Å². The number of aryl methyl sites for hydroxylation is 4. The number of ether oxygens (including phenoxy) is 2. The van der Waals surface area contributed by atoms with Gasteiger partial charge in [0.15, 0.2) is 28.0 Å². The lowest BCUT2D eigenvalue weighted by atomic mass is 9.97. The van der Waals surface area contributed by atoms with Crippen molar-refractivity contribution in [2.75, 3.05) is 31.3 Å². The van der Waals surface area contributed by atoms with Crippen LogP contribution in [0.4, 0.5) is 5.95 Å². The number of carbonyl (C=O) groups excluding carboxylic acids is 9. The fourth-order valence-corrected chi connectivity index (χ4v) is 10.2. The zero-order chi connectivity index (χ0) is 58.8. The number of carboxylic acid groups (broad SMARTS) is 1. The van der Waals surface area contributed by atoms with Crippen LogP contribution < -0.4 is 31.6 Å². The smallest absolute Gasteiger partial charge is 0.317 e. The minimum Gasteiger partial charge on any atom is -0.491 e. The number of nitrogens with one attached hydrogen (secondary N) is 2. The van der Waals surface area contributed by atoms with Crippen LogP contribution in [0.3, 0.4) is 0 Å². The van der Waals surface area contributed by atoms with Gasteiger partial charge in [0.2, 0.25) is 47.0 Å². The van der Waals surface area contributed by atoms with E-state index in [0.717, 1.165) is 28.0 Å². The van der Waals surface area contributed by atoms with Crippen LogP contribution in [0.15, 0.2) is 50.4 Å². The fraction of sp³-hybridized carbons (Fsp3) is 0.404. The van der Waals surface area contributed by atoms with Gasteiger partial charge in [-0.2, -0.15) is 16.8 Å². The van der Waals surface area contributed by atoms with E-state index < -0.39 is 95.7 Å². The van der Waals surface area contributed by atoms with Gasteiger partial charge in [0.25, 0.3) is 5.91 Å². The van der Waals surface area contributed by atoms with Crippen molar-refractivity contribution in [2.24, 2.45) is 22.4 Å². The first-order valence-electron chi connectivity index (χ1n) is 25.4. The number of aliphatic carboxylic acids is 1. The van der Waals surface area contributed by atoms with Crippen LogP contribution in [0, 0.1) is 19.8 Å². The zero-order valence-electron chi connectivity index (χ0n) is 44.9. The minimum absolute atomic E-state index is 0.00445. The lowest BCUT2D eigenvalue weighted by Crippen LogP contribution is -2.47. The van der Waals surface area contributed by atoms with E-state index in [1.165, 1.54) is 25.3 Å². The van der Waals surface area contributed by atoms with Crippen LogP contribution in [0.2, 0.25) is 0 Å². The largest absolute Gasteiger partial charge is 0.491 e. The van der Waals surface area contributed by atoms with E-state index in [1.54, 1.807) is 54.4 Å². The quantitative estimate of drug-likeness (QED) is 0.0214. The highest BCUT2D eigenvalue weighted by Crippen LogP contribution is 2.32. The van der Waals surface area contributed by atoms with Crippen molar-refractivity contribution in [3.8, 4) is 5.75 Å². The first kappa shape index (κ1) is 59.8. The van der Waals surface area contributed by atoms with Gasteiger partial charge in [-0.25, -0.2) is 19.9 Å². The number of anilines is 1. The van der Waals surface area contributed by atoms with Gasteiger partial charge in [0.05, 0.1) is 57.6 Å². The van der Waals surface area contributed by atoms with Gasteiger partial charge in [-0.15, -0.1) is 0 Å². The number of amides is 7. The Balaban J connectivity index is 1.09. The number of thiazole rings is 1. The molecule has 1 saturated heterocycles. The summed E-state index contributed by atoms with van der Waals surface area (Å²) in [6.45, 7) is 7.33. The molecule has 6 heterocycles. The molecule has 5 aromatic heterocycles. The molecule has 428 valence electrons. The Labute approximate surface area is 468 Å². The van der Waals surface area contributed by atoms with Crippen molar-refractivity contribution in [2.45, 2.75) is 104 Å². The number of imidazole rings is 1. The Morgan fingerprint density at radius 1 is 0.926 bits per heavy atom. The summed E-state index contributed by atoms with van der Waals surface area (Å²) in [7, 11) is 0. The zero-order valence-corrected chi connectivity index (χ0v) is 46.5. The maximum Gasteiger partial charge on any atom is 0.317 e. The summed E-state index contributed by atoms with van der Waals surface area (Å²) in [6, 6.07) is 3.00. The Kier molecular flexibility index (Phi) is 19.5. The molecule has 7 rings (SSSR count). The highest BCUT2D eigenvalue weighted by Gasteiger charge is 2.39. The number of allylic oxidation sites excluding steroid dienone is 2. The first-order chi connectivity index (χ1) is 38.6. The van der Waals surface area contributed by atoms with Crippen LogP contribution >= 0.6 is 23.1 Å². The van der Waals surface area contributed by atoms with E-state index in [-0.39, 0.29) is 96.1 Å². The summed E-state index contributed by atoms with van der Waals surface area (Å²) in [5.74, 6) is -8.02. The van der Waals surface area contributed by atoms with Gasteiger partial charge in [-0.05, 0) is 43.7 Å². The van der Waals surface area contributed by atoms with Crippen LogP contribution in [0.25, 0.3) is 21.4 Å².